The number of fused-ring (bicyclic) bond motifs is 1. The number of benzene rings is 1. The molecule has 0 aromatic heterocycles. The van der Waals surface area contributed by atoms with E-state index in [-0.39, 0.29) is 6.10 Å². The summed E-state index contributed by atoms with van der Waals surface area (Å²) >= 11 is 8.24. The van der Waals surface area contributed by atoms with Crippen LogP contribution in [0.1, 0.15) is 30.0 Å². The van der Waals surface area contributed by atoms with Gasteiger partial charge in [0.2, 0.25) is 0 Å². The molecule has 4 atom stereocenters. The monoisotopic (exact) mass is 334 g/mol. The molecule has 118 valence electrons. The first kappa shape index (κ1) is 16.2. The first-order valence-corrected chi connectivity index (χ1v) is 9.23. The van der Waals surface area contributed by atoms with Gasteiger partial charge in [-0.3, -0.25) is 0 Å². The van der Waals surface area contributed by atoms with E-state index >= 15 is 0 Å². The highest BCUT2D eigenvalue weighted by atomic mass is 35.5. The van der Waals surface area contributed by atoms with Crippen LogP contribution >= 0.6 is 23.4 Å². The summed E-state index contributed by atoms with van der Waals surface area (Å²) in [5.74, 6) is 0.393. The standard InChI is InChI=1S/C19H23ClOS/c1-12-4-5-15(13(2)8-12)11-21-18-9-14(3)22-19-7-6-16(20)10-17(18)19/h4-8,10,14,17-19H,9,11H2,1-3H3/t14-,17+,18+,19-/m0/s1. The van der Waals surface area contributed by atoms with Crippen LogP contribution in [0.2, 0.25) is 0 Å². The van der Waals surface area contributed by atoms with Gasteiger partial charge in [-0.15, -0.1) is 0 Å². The van der Waals surface area contributed by atoms with Gasteiger partial charge in [0.05, 0.1) is 12.7 Å². The van der Waals surface area contributed by atoms with Crippen LogP contribution in [0.25, 0.3) is 0 Å². The molecule has 0 N–H and O–H groups in total. The van der Waals surface area contributed by atoms with Crippen molar-refractivity contribution in [3.63, 3.8) is 0 Å². The molecule has 3 heteroatoms. The first-order valence-electron chi connectivity index (χ1n) is 7.91. The van der Waals surface area contributed by atoms with Crippen molar-refractivity contribution < 1.29 is 4.74 Å². The van der Waals surface area contributed by atoms with E-state index < -0.39 is 0 Å². The summed E-state index contributed by atoms with van der Waals surface area (Å²) in [5, 5.41) is 1.96. The van der Waals surface area contributed by atoms with E-state index in [2.05, 4.69) is 51.1 Å². The van der Waals surface area contributed by atoms with Gasteiger partial charge in [0.15, 0.2) is 0 Å². The molecule has 1 aromatic carbocycles. The van der Waals surface area contributed by atoms with E-state index in [4.69, 9.17) is 16.3 Å². The second kappa shape index (κ2) is 6.82. The fourth-order valence-electron chi connectivity index (χ4n) is 3.30. The maximum atomic E-state index is 6.33. The van der Waals surface area contributed by atoms with Crippen molar-refractivity contribution >= 4 is 23.4 Å². The van der Waals surface area contributed by atoms with Crippen molar-refractivity contribution in [3.05, 3.63) is 58.1 Å². The van der Waals surface area contributed by atoms with Crippen LogP contribution < -0.4 is 0 Å². The Labute approximate surface area is 142 Å². The quantitative estimate of drug-likeness (QED) is 0.732. The van der Waals surface area contributed by atoms with E-state index in [1.165, 1.54) is 16.7 Å². The van der Waals surface area contributed by atoms with Crippen LogP contribution in [0, 0.1) is 19.8 Å². The largest absolute Gasteiger partial charge is 0.373 e. The van der Waals surface area contributed by atoms with Crippen molar-refractivity contribution in [2.24, 2.45) is 5.92 Å². The molecule has 0 saturated carbocycles. The lowest BCUT2D eigenvalue weighted by Crippen LogP contribution is -2.38. The lowest BCUT2D eigenvalue weighted by Gasteiger charge is -2.39. The molecule has 1 aliphatic carbocycles. The number of hydrogen-bond acceptors (Lipinski definition) is 2. The van der Waals surface area contributed by atoms with E-state index in [1.54, 1.807) is 0 Å². The first-order chi connectivity index (χ1) is 10.5. The lowest BCUT2D eigenvalue weighted by molar-refractivity contribution is 0.00694. The predicted molar refractivity (Wildman–Crippen MR) is 96.5 cm³/mol. The van der Waals surface area contributed by atoms with Crippen molar-refractivity contribution in [2.45, 2.75) is 50.4 Å². The van der Waals surface area contributed by atoms with E-state index in [0.717, 1.165) is 11.5 Å². The number of aryl methyl sites for hydroxylation is 2. The number of rotatable bonds is 3. The molecule has 1 aromatic rings. The summed E-state index contributed by atoms with van der Waals surface area (Å²) in [6.07, 6.45) is 7.78. The van der Waals surface area contributed by atoms with E-state index in [0.29, 0.717) is 23.0 Å². The Hall–Kier alpha value is -0.700. The number of hydrogen-bond donors (Lipinski definition) is 0. The fourth-order valence-corrected chi connectivity index (χ4v) is 4.96. The maximum absolute atomic E-state index is 6.33. The van der Waals surface area contributed by atoms with Gasteiger partial charge in [-0.1, -0.05) is 54.4 Å². The van der Waals surface area contributed by atoms with E-state index in [1.807, 2.05) is 17.8 Å². The van der Waals surface area contributed by atoms with Gasteiger partial charge in [0.1, 0.15) is 0 Å². The summed E-state index contributed by atoms with van der Waals surface area (Å²) in [6.45, 7) is 7.27. The minimum absolute atomic E-state index is 0.251. The molecule has 0 radical (unpaired) electrons. The molecule has 1 fully saturated rings. The molecule has 0 unspecified atom stereocenters. The molecule has 0 amide bonds. The third-order valence-corrected chi connectivity index (χ3v) is 6.20. The van der Waals surface area contributed by atoms with Crippen LogP contribution in [0.4, 0.5) is 0 Å². The smallest absolute Gasteiger partial charge is 0.0723 e. The minimum atomic E-state index is 0.251. The molecule has 1 saturated heterocycles. The number of thioether (sulfide) groups is 1. The summed E-state index contributed by atoms with van der Waals surface area (Å²) in [6, 6.07) is 6.57. The average molecular weight is 335 g/mol. The zero-order valence-corrected chi connectivity index (χ0v) is 15.0. The number of ether oxygens (including phenoxy) is 1. The zero-order valence-electron chi connectivity index (χ0n) is 13.4. The molecule has 1 nitrogen and oxygen atoms in total. The van der Waals surface area contributed by atoms with Gasteiger partial charge in [-0.25, -0.2) is 0 Å². The zero-order chi connectivity index (χ0) is 15.7. The molecule has 0 bridgehead atoms. The van der Waals surface area contributed by atoms with Gasteiger partial charge in [0.25, 0.3) is 0 Å². The average Bonchev–Trinajstić information content (AvgIpc) is 2.46. The van der Waals surface area contributed by atoms with Crippen LogP contribution in [-0.2, 0) is 11.3 Å². The molecular weight excluding hydrogens is 312 g/mol. The fraction of sp³-hybridized carbons (Fsp3) is 0.474. The predicted octanol–water partition coefficient (Wildman–Crippen LogP) is 5.39. The van der Waals surface area contributed by atoms with Gasteiger partial charge in [-0.05, 0) is 37.5 Å². The summed E-state index contributed by atoms with van der Waals surface area (Å²) < 4.78 is 6.33. The highest BCUT2D eigenvalue weighted by molar-refractivity contribution is 8.00. The molecular formula is C19H23ClOS. The Bertz CT molecular complexity index is 607. The van der Waals surface area contributed by atoms with Crippen LogP contribution in [0.15, 0.2) is 41.5 Å². The van der Waals surface area contributed by atoms with Crippen molar-refractivity contribution in [3.8, 4) is 0 Å². The Morgan fingerprint density at radius 3 is 2.91 bits per heavy atom. The van der Waals surface area contributed by atoms with Crippen molar-refractivity contribution in [2.75, 3.05) is 0 Å². The van der Waals surface area contributed by atoms with Crippen molar-refractivity contribution in [1.29, 1.82) is 0 Å². The summed E-state index contributed by atoms with van der Waals surface area (Å²) in [5.41, 5.74) is 3.90. The summed E-state index contributed by atoms with van der Waals surface area (Å²) in [7, 11) is 0. The molecule has 0 spiro atoms. The summed E-state index contributed by atoms with van der Waals surface area (Å²) in [4.78, 5) is 0. The molecule has 1 aliphatic heterocycles. The number of halogens is 1. The van der Waals surface area contributed by atoms with Gasteiger partial charge < -0.3 is 4.74 Å². The third-order valence-electron chi connectivity index (χ3n) is 4.51. The van der Waals surface area contributed by atoms with Gasteiger partial charge >= 0.3 is 0 Å². The minimum Gasteiger partial charge on any atom is -0.373 e. The lowest BCUT2D eigenvalue weighted by atomic mass is 9.90. The Morgan fingerprint density at radius 2 is 2.14 bits per heavy atom. The van der Waals surface area contributed by atoms with E-state index in [9.17, 15) is 0 Å². The highest BCUT2D eigenvalue weighted by Crippen LogP contribution is 2.42. The highest BCUT2D eigenvalue weighted by Gasteiger charge is 2.36. The SMILES string of the molecule is Cc1ccc(CO[C@@H]2C[C@H](C)S[C@H]3C=CC(Cl)=C[C@@H]32)c(C)c1. The molecule has 3 rings (SSSR count). The van der Waals surface area contributed by atoms with Gasteiger partial charge in [0, 0.05) is 21.5 Å². The Kier molecular flexibility index (Phi) is 5.01. The molecule has 22 heavy (non-hydrogen) atoms. The maximum Gasteiger partial charge on any atom is 0.0723 e. The van der Waals surface area contributed by atoms with Crippen LogP contribution in [0.3, 0.4) is 0 Å². The van der Waals surface area contributed by atoms with Crippen molar-refractivity contribution in [1.82, 2.24) is 0 Å². The third kappa shape index (κ3) is 3.61. The van der Waals surface area contributed by atoms with Gasteiger partial charge in [-0.2, -0.15) is 11.8 Å². The van der Waals surface area contributed by atoms with Crippen LogP contribution in [0.5, 0.6) is 0 Å². The second-order valence-corrected chi connectivity index (χ2v) is 8.47. The Balaban J connectivity index is 1.71. The molecule has 1 heterocycles. The van der Waals surface area contributed by atoms with Crippen LogP contribution in [-0.4, -0.2) is 16.6 Å². The normalized spacial score (nSPS) is 30.8. The topological polar surface area (TPSA) is 9.23 Å². The number of allylic oxidation sites excluding steroid dienone is 2. The Morgan fingerprint density at radius 1 is 1.32 bits per heavy atom. The second-order valence-electron chi connectivity index (χ2n) is 6.41. The molecule has 2 aliphatic rings.